The van der Waals surface area contributed by atoms with Crippen molar-refractivity contribution >= 4 is 23.2 Å². The first-order valence-electron chi connectivity index (χ1n) is 6.95. The Balaban J connectivity index is 2.00. The molecule has 0 aliphatic heterocycles. The van der Waals surface area contributed by atoms with Crippen molar-refractivity contribution in [1.29, 1.82) is 0 Å². The second-order valence-corrected chi connectivity index (χ2v) is 6.11. The first kappa shape index (κ1) is 13.8. The molecular formula is C16H16Cl2N2. The Hall–Kier alpha value is -1.12. The first-order chi connectivity index (χ1) is 9.65. The third kappa shape index (κ3) is 2.68. The minimum absolute atomic E-state index is 0.419. The summed E-state index contributed by atoms with van der Waals surface area (Å²) < 4.78 is 0. The van der Waals surface area contributed by atoms with E-state index in [-0.39, 0.29) is 0 Å². The van der Waals surface area contributed by atoms with E-state index in [9.17, 15) is 0 Å². The van der Waals surface area contributed by atoms with Crippen LogP contribution in [0.1, 0.15) is 42.7 Å². The Kier molecular flexibility index (Phi) is 3.95. The van der Waals surface area contributed by atoms with Gasteiger partial charge < -0.3 is 0 Å². The van der Waals surface area contributed by atoms with Crippen LogP contribution in [0.3, 0.4) is 0 Å². The normalized spacial score (nSPS) is 15.8. The molecule has 20 heavy (non-hydrogen) atoms. The van der Waals surface area contributed by atoms with Crippen molar-refractivity contribution in [2.24, 2.45) is 0 Å². The summed E-state index contributed by atoms with van der Waals surface area (Å²) in [5.74, 6) is 1.02. The maximum absolute atomic E-state index is 6.36. The third-order valence-electron chi connectivity index (χ3n) is 3.93. The highest BCUT2D eigenvalue weighted by atomic mass is 35.5. The summed E-state index contributed by atoms with van der Waals surface area (Å²) in [6.07, 6.45) is 4.73. The molecule has 4 heteroatoms. The molecule has 0 amide bonds. The van der Waals surface area contributed by atoms with Crippen LogP contribution < -0.4 is 0 Å². The topological polar surface area (TPSA) is 25.8 Å². The van der Waals surface area contributed by atoms with Gasteiger partial charge in [0.25, 0.3) is 0 Å². The molecule has 0 saturated heterocycles. The monoisotopic (exact) mass is 306 g/mol. The molecular weight excluding hydrogens is 291 g/mol. The molecule has 1 saturated carbocycles. The van der Waals surface area contributed by atoms with E-state index in [4.69, 9.17) is 23.2 Å². The van der Waals surface area contributed by atoms with E-state index in [1.54, 1.807) is 0 Å². The molecule has 3 rings (SSSR count). The Labute approximate surface area is 129 Å². The minimum Gasteiger partial charge on any atom is -0.216 e. The van der Waals surface area contributed by atoms with Crippen LogP contribution in [0.25, 0.3) is 11.4 Å². The van der Waals surface area contributed by atoms with Crippen molar-refractivity contribution in [2.75, 3.05) is 0 Å². The molecule has 2 aromatic rings. The number of hydrogen-bond acceptors (Lipinski definition) is 2. The van der Waals surface area contributed by atoms with Crippen molar-refractivity contribution in [1.82, 2.24) is 9.97 Å². The molecule has 0 bridgehead atoms. The van der Waals surface area contributed by atoms with Gasteiger partial charge in [0, 0.05) is 11.1 Å². The predicted molar refractivity (Wildman–Crippen MR) is 83.4 cm³/mol. The third-order valence-corrected chi connectivity index (χ3v) is 4.50. The Morgan fingerprint density at radius 1 is 0.950 bits per heavy atom. The second kappa shape index (κ2) is 5.71. The van der Waals surface area contributed by atoms with E-state index in [1.165, 1.54) is 18.4 Å². The second-order valence-electron chi connectivity index (χ2n) is 5.39. The van der Waals surface area contributed by atoms with Crippen molar-refractivity contribution in [2.45, 2.75) is 38.5 Å². The number of halogens is 2. The van der Waals surface area contributed by atoms with Gasteiger partial charge in [0.1, 0.15) is 10.3 Å². The van der Waals surface area contributed by atoms with Crippen LogP contribution in [0.15, 0.2) is 24.3 Å². The van der Waals surface area contributed by atoms with E-state index in [1.807, 2.05) is 31.2 Å². The summed E-state index contributed by atoms with van der Waals surface area (Å²) >= 11 is 12.7. The Morgan fingerprint density at radius 2 is 1.50 bits per heavy atom. The number of aromatic nitrogens is 2. The van der Waals surface area contributed by atoms with Gasteiger partial charge in [-0.15, -0.1) is 0 Å². The van der Waals surface area contributed by atoms with Gasteiger partial charge in [0.05, 0.1) is 0 Å². The zero-order valence-electron chi connectivity index (χ0n) is 11.4. The zero-order valence-corrected chi connectivity index (χ0v) is 12.9. The summed E-state index contributed by atoms with van der Waals surface area (Å²) in [7, 11) is 0. The standard InChI is InChI=1S/C16H16Cl2N2/c1-10-6-8-12(9-7-10)16-19-14(17)13(15(18)20-16)11-4-2-3-5-11/h6-9,11H,2-5H2,1H3. The molecule has 1 aromatic carbocycles. The van der Waals surface area contributed by atoms with Gasteiger partial charge in [-0.3, -0.25) is 0 Å². The smallest absolute Gasteiger partial charge is 0.162 e. The van der Waals surface area contributed by atoms with E-state index < -0.39 is 0 Å². The van der Waals surface area contributed by atoms with Gasteiger partial charge in [0.2, 0.25) is 0 Å². The van der Waals surface area contributed by atoms with Crippen LogP contribution in [0, 0.1) is 6.92 Å². The molecule has 0 spiro atoms. The highest BCUT2D eigenvalue weighted by Crippen LogP contribution is 2.40. The minimum atomic E-state index is 0.419. The quantitative estimate of drug-likeness (QED) is 0.693. The SMILES string of the molecule is Cc1ccc(-c2nc(Cl)c(C3CCCC3)c(Cl)n2)cc1. The van der Waals surface area contributed by atoms with Crippen LogP contribution in [0.4, 0.5) is 0 Å². The van der Waals surface area contributed by atoms with Crippen LogP contribution >= 0.6 is 23.2 Å². The molecule has 2 nitrogen and oxygen atoms in total. The van der Waals surface area contributed by atoms with Gasteiger partial charge >= 0.3 is 0 Å². The number of aryl methyl sites for hydroxylation is 1. The molecule has 1 aliphatic rings. The molecule has 1 aromatic heterocycles. The maximum Gasteiger partial charge on any atom is 0.162 e. The lowest BCUT2D eigenvalue weighted by atomic mass is 10.0. The Bertz CT molecular complexity index is 594. The van der Waals surface area contributed by atoms with Crippen LogP contribution in [0.2, 0.25) is 10.3 Å². The molecule has 1 aliphatic carbocycles. The van der Waals surface area contributed by atoms with Crippen LogP contribution in [0.5, 0.6) is 0 Å². The van der Waals surface area contributed by atoms with Crippen molar-refractivity contribution in [3.8, 4) is 11.4 Å². The fraction of sp³-hybridized carbons (Fsp3) is 0.375. The van der Waals surface area contributed by atoms with Gasteiger partial charge in [-0.25, -0.2) is 9.97 Å². The van der Waals surface area contributed by atoms with E-state index in [0.29, 0.717) is 22.0 Å². The molecule has 0 unspecified atom stereocenters. The lowest BCUT2D eigenvalue weighted by Crippen LogP contribution is -2.01. The molecule has 0 atom stereocenters. The van der Waals surface area contributed by atoms with Gasteiger partial charge in [0.15, 0.2) is 5.82 Å². The van der Waals surface area contributed by atoms with Crippen molar-refractivity contribution in [3.63, 3.8) is 0 Å². The van der Waals surface area contributed by atoms with Crippen LogP contribution in [-0.4, -0.2) is 9.97 Å². The van der Waals surface area contributed by atoms with Crippen molar-refractivity contribution in [3.05, 3.63) is 45.7 Å². The largest absolute Gasteiger partial charge is 0.216 e. The molecule has 1 fully saturated rings. The predicted octanol–water partition coefficient (Wildman–Crippen LogP) is 5.42. The fourth-order valence-electron chi connectivity index (χ4n) is 2.80. The highest BCUT2D eigenvalue weighted by molar-refractivity contribution is 6.34. The maximum atomic E-state index is 6.36. The molecule has 0 radical (unpaired) electrons. The number of benzene rings is 1. The fourth-order valence-corrected chi connectivity index (χ4v) is 3.50. The summed E-state index contributed by atoms with van der Waals surface area (Å²) in [4.78, 5) is 8.90. The number of rotatable bonds is 2. The van der Waals surface area contributed by atoms with E-state index in [2.05, 4.69) is 9.97 Å². The highest BCUT2D eigenvalue weighted by Gasteiger charge is 2.24. The average molecular weight is 307 g/mol. The van der Waals surface area contributed by atoms with E-state index >= 15 is 0 Å². The zero-order chi connectivity index (χ0) is 14.1. The number of hydrogen-bond donors (Lipinski definition) is 0. The first-order valence-corrected chi connectivity index (χ1v) is 7.70. The van der Waals surface area contributed by atoms with E-state index in [0.717, 1.165) is 24.0 Å². The number of nitrogens with zero attached hydrogens (tertiary/aromatic N) is 2. The molecule has 1 heterocycles. The van der Waals surface area contributed by atoms with Crippen LogP contribution in [-0.2, 0) is 0 Å². The van der Waals surface area contributed by atoms with Gasteiger partial charge in [-0.05, 0) is 25.7 Å². The summed E-state index contributed by atoms with van der Waals surface area (Å²) in [6.45, 7) is 2.05. The summed E-state index contributed by atoms with van der Waals surface area (Å²) in [5.41, 5.74) is 3.08. The van der Waals surface area contributed by atoms with Gasteiger partial charge in [-0.2, -0.15) is 0 Å². The molecule has 104 valence electrons. The summed E-state index contributed by atoms with van der Waals surface area (Å²) in [5, 5.41) is 1.01. The van der Waals surface area contributed by atoms with Crippen molar-refractivity contribution < 1.29 is 0 Å². The molecule has 0 N–H and O–H groups in total. The van der Waals surface area contributed by atoms with Gasteiger partial charge in [-0.1, -0.05) is 65.9 Å². The summed E-state index contributed by atoms with van der Waals surface area (Å²) in [6, 6.07) is 8.05. The lowest BCUT2D eigenvalue weighted by molar-refractivity contribution is 0.715. The Morgan fingerprint density at radius 3 is 2.05 bits per heavy atom. The lowest BCUT2D eigenvalue weighted by Gasteiger charge is -2.13. The average Bonchev–Trinajstić information content (AvgIpc) is 2.92.